The molecule has 0 aromatic heterocycles. The van der Waals surface area contributed by atoms with Crippen LogP contribution in [0.2, 0.25) is 0 Å². The van der Waals surface area contributed by atoms with E-state index < -0.39 is 35.4 Å². The summed E-state index contributed by atoms with van der Waals surface area (Å²) in [4.78, 5) is 67.9. The van der Waals surface area contributed by atoms with E-state index in [9.17, 15) is 24.0 Å². The minimum absolute atomic E-state index is 0.0118. The molecule has 4 rings (SSSR count). The summed E-state index contributed by atoms with van der Waals surface area (Å²) in [5.41, 5.74) is 6.08. The van der Waals surface area contributed by atoms with Crippen LogP contribution in [0.5, 0.6) is 0 Å². The minimum atomic E-state index is -1.64. The number of carboxylic acid groups (broad SMARTS) is 1. The van der Waals surface area contributed by atoms with E-state index in [2.05, 4.69) is 5.32 Å². The smallest absolute Gasteiger partial charge is 0.349 e. The Bertz CT molecular complexity index is 1570. The average Bonchev–Trinajstić information content (AvgIpc) is 3.18. The second kappa shape index (κ2) is 13.1. The third-order valence-corrected chi connectivity index (χ3v) is 7.23. The van der Waals surface area contributed by atoms with E-state index >= 15 is 0 Å². The number of imide groups is 1. The van der Waals surface area contributed by atoms with Crippen molar-refractivity contribution in [1.82, 2.24) is 25.4 Å². The number of amidine groups is 1. The van der Waals surface area contributed by atoms with Crippen molar-refractivity contribution in [2.24, 2.45) is 5.73 Å². The Morgan fingerprint density at radius 1 is 0.932 bits per heavy atom. The van der Waals surface area contributed by atoms with Crippen molar-refractivity contribution < 1.29 is 29.1 Å². The highest BCUT2D eigenvalue weighted by Gasteiger charge is 2.59. The van der Waals surface area contributed by atoms with E-state index in [0.29, 0.717) is 32.4 Å². The highest BCUT2D eigenvalue weighted by Crippen LogP contribution is 2.40. The van der Waals surface area contributed by atoms with E-state index in [0.717, 1.165) is 11.9 Å². The quantitative estimate of drug-likeness (QED) is 0.120. The van der Waals surface area contributed by atoms with Crippen LogP contribution in [-0.2, 0) is 33.0 Å². The van der Waals surface area contributed by atoms with Crippen LogP contribution in [0.3, 0.4) is 0 Å². The second-order valence-electron chi connectivity index (χ2n) is 10.3. The lowest BCUT2D eigenvalue weighted by Crippen LogP contribution is -2.61. The number of rotatable bonds is 10. The lowest BCUT2D eigenvalue weighted by atomic mass is 9.89. The van der Waals surface area contributed by atoms with Crippen molar-refractivity contribution in [1.29, 1.82) is 5.41 Å². The molecule has 1 aliphatic heterocycles. The van der Waals surface area contributed by atoms with Crippen LogP contribution in [0.4, 0.5) is 9.59 Å². The summed E-state index contributed by atoms with van der Waals surface area (Å²) in [5.74, 6) is -2.93. The fraction of sp³-hybridized carbons (Fsp3) is 0.226. The van der Waals surface area contributed by atoms with Gasteiger partial charge in [0.2, 0.25) is 0 Å². The van der Waals surface area contributed by atoms with Gasteiger partial charge >= 0.3 is 18.0 Å². The molecule has 0 radical (unpaired) electrons. The predicted octanol–water partition coefficient (Wildman–Crippen LogP) is 3.02. The van der Waals surface area contributed by atoms with Gasteiger partial charge in [0.25, 0.3) is 11.8 Å². The summed E-state index contributed by atoms with van der Waals surface area (Å²) in [5, 5.41) is 21.5. The Labute approximate surface area is 253 Å². The molecule has 13 heteroatoms. The molecule has 228 valence electrons. The summed E-state index contributed by atoms with van der Waals surface area (Å²) in [6.07, 6.45) is -0.383. The van der Waals surface area contributed by atoms with Gasteiger partial charge in [0.05, 0.1) is 13.0 Å². The van der Waals surface area contributed by atoms with Crippen molar-refractivity contribution in [3.05, 3.63) is 107 Å². The van der Waals surface area contributed by atoms with Crippen LogP contribution in [-0.4, -0.2) is 67.4 Å². The topological polar surface area (TPSA) is 180 Å². The number of aliphatic carboxylic acids is 1. The Morgan fingerprint density at radius 2 is 1.50 bits per heavy atom. The van der Waals surface area contributed by atoms with Crippen LogP contribution in [0.1, 0.15) is 42.5 Å². The largest absolute Gasteiger partial charge is 0.481 e. The molecule has 0 bridgehead atoms. The van der Waals surface area contributed by atoms with Gasteiger partial charge in [-0.05, 0) is 23.6 Å². The SMILES string of the molecule is CC(=O)N(N(Cc1ccccc1)C(=O)NCCC(=O)O)N1C(=O)N(Cc2ccccc2)[C@@](C)(c2ccc(C(=N)N)cc2)C1=O. The number of urea groups is 2. The lowest BCUT2D eigenvalue weighted by molar-refractivity contribution is -0.181. The monoisotopic (exact) mass is 599 g/mol. The molecule has 6 amide bonds. The van der Waals surface area contributed by atoms with Crippen LogP contribution >= 0.6 is 0 Å². The van der Waals surface area contributed by atoms with Crippen molar-refractivity contribution in [3.63, 3.8) is 0 Å². The molecule has 1 atom stereocenters. The highest BCUT2D eigenvalue weighted by molar-refractivity contribution is 6.08. The number of carbonyl (C=O) groups excluding carboxylic acids is 4. The van der Waals surface area contributed by atoms with E-state index in [4.69, 9.17) is 16.2 Å². The van der Waals surface area contributed by atoms with Gasteiger partial charge in [-0.3, -0.25) is 24.7 Å². The van der Waals surface area contributed by atoms with Crippen LogP contribution < -0.4 is 11.1 Å². The maximum Gasteiger partial charge on any atom is 0.349 e. The predicted molar refractivity (Wildman–Crippen MR) is 159 cm³/mol. The zero-order chi connectivity index (χ0) is 32.0. The number of benzene rings is 3. The molecule has 0 aliphatic carbocycles. The number of carboxylic acids is 1. The zero-order valence-electron chi connectivity index (χ0n) is 24.3. The molecule has 0 spiro atoms. The van der Waals surface area contributed by atoms with E-state index in [1.165, 1.54) is 4.90 Å². The highest BCUT2D eigenvalue weighted by atomic mass is 16.4. The molecule has 1 aliphatic rings. The second-order valence-corrected chi connectivity index (χ2v) is 10.3. The third-order valence-electron chi connectivity index (χ3n) is 7.23. The molecule has 1 heterocycles. The van der Waals surface area contributed by atoms with E-state index in [1.54, 1.807) is 85.8 Å². The van der Waals surface area contributed by atoms with Crippen LogP contribution in [0.15, 0.2) is 84.9 Å². The summed E-state index contributed by atoms with van der Waals surface area (Å²) >= 11 is 0. The van der Waals surface area contributed by atoms with E-state index in [1.807, 2.05) is 6.07 Å². The molecule has 13 nitrogen and oxygen atoms in total. The number of hydrogen-bond donors (Lipinski definition) is 4. The molecule has 0 unspecified atom stereocenters. The van der Waals surface area contributed by atoms with Gasteiger partial charge in [-0.25, -0.2) is 14.6 Å². The fourth-order valence-corrected chi connectivity index (χ4v) is 4.89. The first-order chi connectivity index (χ1) is 20.9. The minimum Gasteiger partial charge on any atom is -0.481 e. The Morgan fingerprint density at radius 3 is 2.02 bits per heavy atom. The van der Waals surface area contributed by atoms with Gasteiger partial charge in [-0.2, -0.15) is 0 Å². The first kappa shape index (κ1) is 31.2. The molecule has 1 fully saturated rings. The standard InChI is InChI=1S/C31H33N7O6/c1-21(39)38(36(20-23-11-7-4-8-12-23)29(43)34-18-17-26(40)41)37-28(42)31(2,25-15-13-24(14-16-25)27(32)33)35(30(37)44)19-22-9-5-3-6-10-22/h3-16H,17-20H2,1-2H3,(H3,32,33)(H,34,43)(H,40,41)/t31-/m0/s1. The molecular formula is C31H33N7O6. The van der Waals surface area contributed by atoms with Gasteiger partial charge < -0.3 is 16.2 Å². The van der Waals surface area contributed by atoms with Crippen LogP contribution in [0.25, 0.3) is 0 Å². The van der Waals surface area contributed by atoms with Gasteiger partial charge in [0, 0.05) is 25.6 Å². The number of amides is 6. The molecular weight excluding hydrogens is 566 g/mol. The first-order valence-corrected chi connectivity index (χ1v) is 13.7. The summed E-state index contributed by atoms with van der Waals surface area (Å²) in [6.45, 7) is 2.17. The van der Waals surface area contributed by atoms with Gasteiger partial charge in [-0.15, -0.1) is 10.1 Å². The van der Waals surface area contributed by atoms with Gasteiger partial charge in [-0.1, -0.05) is 84.9 Å². The van der Waals surface area contributed by atoms with Crippen molar-refractivity contribution in [3.8, 4) is 0 Å². The molecule has 1 saturated heterocycles. The number of nitrogen functional groups attached to an aromatic ring is 1. The maximum absolute atomic E-state index is 14.5. The fourth-order valence-electron chi connectivity index (χ4n) is 4.89. The van der Waals surface area contributed by atoms with Crippen molar-refractivity contribution in [2.75, 3.05) is 6.54 Å². The zero-order valence-corrected chi connectivity index (χ0v) is 24.3. The summed E-state index contributed by atoms with van der Waals surface area (Å²) in [6, 6.07) is 22.1. The number of nitrogens with two attached hydrogens (primary N) is 1. The van der Waals surface area contributed by atoms with Crippen molar-refractivity contribution >= 4 is 35.7 Å². The maximum atomic E-state index is 14.5. The summed E-state index contributed by atoms with van der Waals surface area (Å²) in [7, 11) is 0. The summed E-state index contributed by atoms with van der Waals surface area (Å²) < 4.78 is 0. The number of carbonyl (C=O) groups is 5. The Kier molecular flexibility index (Phi) is 9.27. The number of hydrogen-bond acceptors (Lipinski definition) is 6. The number of nitrogens with one attached hydrogen (secondary N) is 2. The van der Waals surface area contributed by atoms with Gasteiger partial charge in [0.1, 0.15) is 11.4 Å². The Balaban J connectivity index is 1.81. The Hall–Kier alpha value is -5.72. The normalized spacial score (nSPS) is 16.0. The molecule has 5 N–H and O–H groups in total. The number of hydrazine groups is 2. The third kappa shape index (κ3) is 6.36. The number of nitrogens with zero attached hydrogens (tertiary/aromatic N) is 4. The van der Waals surface area contributed by atoms with Gasteiger partial charge in [0.15, 0.2) is 0 Å². The van der Waals surface area contributed by atoms with Crippen molar-refractivity contribution in [2.45, 2.75) is 38.9 Å². The molecule has 3 aromatic rings. The van der Waals surface area contributed by atoms with E-state index in [-0.39, 0.29) is 31.9 Å². The molecule has 3 aromatic carbocycles. The molecule has 44 heavy (non-hydrogen) atoms. The lowest BCUT2D eigenvalue weighted by Gasteiger charge is -2.37. The average molecular weight is 600 g/mol. The van der Waals surface area contributed by atoms with Crippen LogP contribution in [0, 0.1) is 5.41 Å². The molecule has 0 saturated carbocycles. The first-order valence-electron chi connectivity index (χ1n) is 13.7.